The van der Waals surface area contributed by atoms with Gasteiger partial charge in [-0.25, -0.2) is 4.79 Å². The normalized spacial score (nSPS) is 20.3. The Morgan fingerprint density at radius 3 is 2.82 bits per heavy atom. The molecule has 0 unspecified atom stereocenters. The zero-order valence-corrected chi connectivity index (χ0v) is 11.5. The molecule has 4 nitrogen and oxygen atoms in total. The Hall–Kier alpha value is -0.880. The lowest BCUT2D eigenvalue weighted by Crippen LogP contribution is -2.47. The van der Waals surface area contributed by atoms with Gasteiger partial charge in [0.1, 0.15) is 6.04 Å². The van der Waals surface area contributed by atoms with Gasteiger partial charge >= 0.3 is 5.97 Å². The van der Waals surface area contributed by atoms with Crippen molar-refractivity contribution in [2.24, 2.45) is 0 Å². The number of carbonyl (C=O) groups excluding carboxylic acids is 1. The van der Waals surface area contributed by atoms with Crippen LogP contribution in [-0.4, -0.2) is 34.5 Å². The minimum Gasteiger partial charge on any atom is -0.480 e. The van der Waals surface area contributed by atoms with Crippen molar-refractivity contribution in [3.05, 3.63) is 20.8 Å². The number of piperidine rings is 1. The van der Waals surface area contributed by atoms with E-state index in [0.29, 0.717) is 17.8 Å². The van der Waals surface area contributed by atoms with Gasteiger partial charge in [-0.15, -0.1) is 11.3 Å². The number of nitrogens with zero attached hydrogens (tertiary/aromatic N) is 1. The Morgan fingerprint density at radius 2 is 2.24 bits per heavy atom. The van der Waals surface area contributed by atoms with Crippen LogP contribution < -0.4 is 0 Å². The zero-order chi connectivity index (χ0) is 12.4. The third kappa shape index (κ3) is 2.69. The lowest BCUT2D eigenvalue weighted by molar-refractivity contribution is -0.143. The molecule has 6 heteroatoms. The number of hydrogen-bond donors (Lipinski definition) is 1. The Kier molecular flexibility index (Phi) is 3.83. The molecule has 1 atom stereocenters. The molecule has 0 aliphatic carbocycles. The van der Waals surface area contributed by atoms with Gasteiger partial charge in [-0.3, -0.25) is 4.79 Å². The summed E-state index contributed by atoms with van der Waals surface area (Å²) in [7, 11) is 0. The molecule has 1 amide bonds. The fourth-order valence-corrected chi connectivity index (χ4v) is 3.38. The second kappa shape index (κ2) is 5.18. The van der Waals surface area contributed by atoms with E-state index < -0.39 is 12.0 Å². The number of carboxylic acid groups (broad SMARTS) is 1. The van der Waals surface area contributed by atoms with Crippen molar-refractivity contribution in [1.29, 1.82) is 0 Å². The Bertz CT molecular complexity index is 446. The molecule has 2 rings (SSSR count). The first-order chi connectivity index (χ1) is 8.09. The first kappa shape index (κ1) is 12.6. The van der Waals surface area contributed by atoms with Crippen molar-refractivity contribution in [2.75, 3.05) is 6.54 Å². The molecule has 1 aromatic rings. The Labute approximate surface area is 111 Å². The lowest BCUT2D eigenvalue weighted by atomic mass is 10.0. The van der Waals surface area contributed by atoms with Crippen molar-refractivity contribution in [1.82, 2.24) is 4.90 Å². The van der Waals surface area contributed by atoms with Gasteiger partial charge < -0.3 is 10.0 Å². The number of rotatable bonds is 2. The van der Waals surface area contributed by atoms with Crippen molar-refractivity contribution < 1.29 is 14.7 Å². The summed E-state index contributed by atoms with van der Waals surface area (Å²) in [6.07, 6.45) is 2.30. The average molecular weight is 318 g/mol. The highest BCUT2D eigenvalue weighted by Crippen LogP contribution is 2.25. The van der Waals surface area contributed by atoms with E-state index >= 15 is 0 Å². The first-order valence-electron chi connectivity index (χ1n) is 5.37. The van der Waals surface area contributed by atoms with Crippen LogP contribution in [0.25, 0.3) is 0 Å². The molecule has 0 bridgehead atoms. The second-order valence-corrected chi connectivity index (χ2v) is 5.80. The minimum atomic E-state index is -0.909. The van der Waals surface area contributed by atoms with E-state index in [-0.39, 0.29) is 5.91 Å². The van der Waals surface area contributed by atoms with Gasteiger partial charge in [0.2, 0.25) is 0 Å². The summed E-state index contributed by atoms with van der Waals surface area (Å²) >= 11 is 4.63. The highest BCUT2D eigenvalue weighted by molar-refractivity contribution is 9.10. The van der Waals surface area contributed by atoms with E-state index in [2.05, 4.69) is 15.9 Å². The summed E-state index contributed by atoms with van der Waals surface area (Å²) in [5, 5.41) is 10.9. The molecule has 2 heterocycles. The summed E-state index contributed by atoms with van der Waals surface area (Å²) in [5.74, 6) is -1.08. The molecular formula is C11H12BrNO3S. The van der Waals surface area contributed by atoms with Crippen LogP contribution in [0.15, 0.2) is 15.9 Å². The fourth-order valence-electron chi connectivity index (χ4n) is 2.00. The topological polar surface area (TPSA) is 57.6 Å². The monoisotopic (exact) mass is 317 g/mol. The van der Waals surface area contributed by atoms with Crippen LogP contribution in [0.1, 0.15) is 28.9 Å². The Morgan fingerprint density at radius 1 is 1.47 bits per heavy atom. The fraction of sp³-hybridized carbons (Fsp3) is 0.455. The van der Waals surface area contributed by atoms with Gasteiger partial charge in [-0.2, -0.15) is 0 Å². The maximum Gasteiger partial charge on any atom is 0.326 e. The molecule has 1 aromatic heterocycles. The summed E-state index contributed by atoms with van der Waals surface area (Å²) in [4.78, 5) is 25.4. The largest absolute Gasteiger partial charge is 0.480 e. The Balaban J connectivity index is 2.19. The van der Waals surface area contributed by atoms with Gasteiger partial charge in [0.25, 0.3) is 5.91 Å². The van der Waals surface area contributed by atoms with Crippen molar-refractivity contribution in [3.63, 3.8) is 0 Å². The molecule has 1 N–H and O–H groups in total. The van der Waals surface area contributed by atoms with Crippen molar-refractivity contribution in [2.45, 2.75) is 25.3 Å². The molecule has 1 fully saturated rings. The van der Waals surface area contributed by atoms with Crippen LogP contribution in [0.4, 0.5) is 0 Å². The molecule has 0 aromatic carbocycles. The maximum absolute atomic E-state index is 12.2. The van der Waals surface area contributed by atoms with Gasteiger partial charge in [-0.05, 0) is 41.3 Å². The number of aliphatic carboxylic acids is 1. The molecular weight excluding hydrogens is 306 g/mol. The van der Waals surface area contributed by atoms with Gasteiger partial charge in [0, 0.05) is 16.4 Å². The predicted molar refractivity (Wildman–Crippen MR) is 68.3 cm³/mol. The highest BCUT2D eigenvalue weighted by atomic mass is 79.9. The zero-order valence-electron chi connectivity index (χ0n) is 9.06. The number of hydrogen-bond acceptors (Lipinski definition) is 3. The van der Waals surface area contributed by atoms with E-state index in [9.17, 15) is 9.59 Å². The van der Waals surface area contributed by atoms with E-state index in [1.165, 1.54) is 16.2 Å². The smallest absolute Gasteiger partial charge is 0.326 e. The third-order valence-corrected chi connectivity index (χ3v) is 4.51. The summed E-state index contributed by atoms with van der Waals surface area (Å²) in [6, 6.07) is 1.07. The molecule has 1 saturated heterocycles. The minimum absolute atomic E-state index is 0.173. The summed E-state index contributed by atoms with van der Waals surface area (Å²) < 4.78 is 0.856. The van der Waals surface area contributed by atoms with Crippen LogP contribution in [0.5, 0.6) is 0 Å². The highest BCUT2D eigenvalue weighted by Gasteiger charge is 2.32. The van der Waals surface area contributed by atoms with Gasteiger partial charge in [0.05, 0.1) is 4.88 Å². The maximum atomic E-state index is 12.2. The van der Waals surface area contributed by atoms with Gasteiger partial charge in [-0.1, -0.05) is 0 Å². The number of amides is 1. The number of carboxylic acids is 1. The van der Waals surface area contributed by atoms with Crippen LogP contribution in [0, 0.1) is 0 Å². The van der Waals surface area contributed by atoms with Gasteiger partial charge in [0.15, 0.2) is 0 Å². The number of thiophene rings is 1. The second-order valence-electron chi connectivity index (χ2n) is 3.98. The first-order valence-corrected chi connectivity index (χ1v) is 7.04. The average Bonchev–Trinajstić information content (AvgIpc) is 2.75. The van der Waals surface area contributed by atoms with E-state index in [4.69, 9.17) is 5.11 Å². The van der Waals surface area contributed by atoms with Crippen LogP contribution in [-0.2, 0) is 4.79 Å². The van der Waals surface area contributed by atoms with E-state index in [1.54, 1.807) is 6.07 Å². The number of likely N-dealkylation sites (tertiary alicyclic amines) is 1. The predicted octanol–water partition coefficient (Wildman–Crippen LogP) is 2.59. The SMILES string of the molecule is O=C(O)[C@H]1CCCCN1C(=O)c1cc(Br)cs1. The lowest BCUT2D eigenvalue weighted by Gasteiger charge is -2.32. The van der Waals surface area contributed by atoms with Crippen LogP contribution in [0.2, 0.25) is 0 Å². The quantitative estimate of drug-likeness (QED) is 0.912. The third-order valence-electron chi connectivity index (χ3n) is 2.83. The summed E-state index contributed by atoms with van der Waals surface area (Å²) in [6.45, 7) is 0.533. The molecule has 17 heavy (non-hydrogen) atoms. The van der Waals surface area contributed by atoms with Crippen molar-refractivity contribution in [3.8, 4) is 0 Å². The molecule has 92 valence electrons. The molecule has 1 aliphatic rings. The van der Waals surface area contributed by atoms with E-state index in [1.807, 2.05) is 5.38 Å². The molecule has 0 radical (unpaired) electrons. The molecule has 0 spiro atoms. The number of carbonyl (C=O) groups is 2. The van der Waals surface area contributed by atoms with Crippen molar-refractivity contribution >= 4 is 39.1 Å². The molecule has 1 aliphatic heterocycles. The number of halogens is 1. The standard InChI is InChI=1S/C11H12BrNO3S/c12-7-5-9(17-6-7)10(14)13-4-2-1-3-8(13)11(15)16/h5-6,8H,1-4H2,(H,15,16)/t8-/m1/s1. The van der Waals surface area contributed by atoms with Crippen LogP contribution in [0.3, 0.4) is 0 Å². The molecule has 0 saturated carbocycles. The summed E-state index contributed by atoms with van der Waals surface area (Å²) in [5.41, 5.74) is 0. The van der Waals surface area contributed by atoms with E-state index in [0.717, 1.165) is 17.3 Å². The van der Waals surface area contributed by atoms with Crippen LogP contribution >= 0.6 is 27.3 Å².